The molecule has 0 fully saturated rings. The minimum Gasteiger partial charge on any atom is -0.383 e. The third kappa shape index (κ3) is 6.78. The van der Waals surface area contributed by atoms with Crippen molar-refractivity contribution in [3.05, 3.63) is 65.1 Å². The van der Waals surface area contributed by atoms with Crippen molar-refractivity contribution in [3.8, 4) is 11.1 Å². The van der Waals surface area contributed by atoms with Crippen molar-refractivity contribution in [1.29, 1.82) is 0 Å². The Labute approximate surface area is 219 Å². The Hall–Kier alpha value is -3.63. The molecule has 2 heterocycles. The highest BCUT2D eigenvalue weighted by Gasteiger charge is 2.24. The summed E-state index contributed by atoms with van der Waals surface area (Å²) < 4.78 is 34.6. The standard InChI is InChI=1S/C26H28ClF2N5O3/c1-16(15-35)25-18(6-5-9-30-25)24-21(13-22(32-26(24)29)33(2)10-11-37-4)34(3)14-23(36)31-17-7-8-19(27)20(28)12-17/h5-9,12-13,15-16H,10-11,14H2,1-4H3,(H,31,36). The van der Waals surface area contributed by atoms with E-state index >= 15 is 4.39 Å². The summed E-state index contributed by atoms with van der Waals surface area (Å²) in [6.07, 6.45) is 2.26. The number of aldehydes is 1. The summed E-state index contributed by atoms with van der Waals surface area (Å²) in [6, 6.07) is 8.89. The van der Waals surface area contributed by atoms with Crippen molar-refractivity contribution < 1.29 is 23.1 Å². The van der Waals surface area contributed by atoms with Gasteiger partial charge in [0.05, 0.1) is 41.0 Å². The van der Waals surface area contributed by atoms with Gasteiger partial charge in [-0.1, -0.05) is 24.6 Å². The lowest BCUT2D eigenvalue weighted by Crippen LogP contribution is -2.31. The van der Waals surface area contributed by atoms with Crippen molar-refractivity contribution in [2.75, 3.05) is 56.0 Å². The van der Waals surface area contributed by atoms with E-state index in [1.54, 1.807) is 56.1 Å². The van der Waals surface area contributed by atoms with Gasteiger partial charge in [0.1, 0.15) is 17.9 Å². The molecule has 11 heteroatoms. The summed E-state index contributed by atoms with van der Waals surface area (Å²) >= 11 is 5.71. The van der Waals surface area contributed by atoms with Crippen molar-refractivity contribution in [2.24, 2.45) is 0 Å². The topological polar surface area (TPSA) is 87.7 Å². The van der Waals surface area contributed by atoms with Gasteiger partial charge in [-0.25, -0.2) is 9.37 Å². The fraction of sp³-hybridized carbons (Fsp3) is 0.308. The number of likely N-dealkylation sites (N-methyl/N-ethyl adjacent to an activating group) is 2. The van der Waals surface area contributed by atoms with E-state index in [9.17, 15) is 14.0 Å². The molecule has 1 atom stereocenters. The number of halogens is 3. The Kier molecular flexibility index (Phi) is 9.48. The van der Waals surface area contributed by atoms with Crippen LogP contribution < -0.4 is 15.1 Å². The van der Waals surface area contributed by atoms with Crippen LogP contribution in [0.15, 0.2) is 42.6 Å². The molecule has 0 saturated heterocycles. The van der Waals surface area contributed by atoms with Crippen LogP contribution in [0.1, 0.15) is 18.5 Å². The minimum atomic E-state index is -0.781. The van der Waals surface area contributed by atoms with E-state index in [4.69, 9.17) is 16.3 Å². The summed E-state index contributed by atoms with van der Waals surface area (Å²) in [7, 11) is 4.93. The molecule has 3 rings (SSSR count). The van der Waals surface area contributed by atoms with Crippen LogP contribution in [0.2, 0.25) is 5.02 Å². The smallest absolute Gasteiger partial charge is 0.243 e. The van der Waals surface area contributed by atoms with Crippen molar-refractivity contribution in [3.63, 3.8) is 0 Å². The second-order valence-electron chi connectivity index (χ2n) is 8.47. The van der Waals surface area contributed by atoms with Gasteiger partial charge in [0, 0.05) is 51.3 Å². The highest BCUT2D eigenvalue weighted by molar-refractivity contribution is 6.30. The quantitative estimate of drug-likeness (QED) is 0.287. The molecule has 0 spiro atoms. The van der Waals surface area contributed by atoms with E-state index in [2.05, 4.69) is 15.3 Å². The van der Waals surface area contributed by atoms with E-state index in [-0.39, 0.29) is 22.8 Å². The highest BCUT2D eigenvalue weighted by Crippen LogP contribution is 2.37. The van der Waals surface area contributed by atoms with Gasteiger partial charge >= 0.3 is 0 Å². The van der Waals surface area contributed by atoms with Gasteiger partial charge in [-0.3, -0.25) is 9.78 Å². The molecule has 2 aromatic heterocycles. The second kappa shape index (κ2) is 12.6. The molecular formula is C26H28ClF2N5O3. The van der Waals surface area contributed by atoms with Crippen LogP contribution in [0.3, 0.4) is 0 Å². The average molecular weight is 532 g/mol. The Bertz CT molecular complexity index is 1280. The fourth-order valence-electron chi connectivity index (χ4n) is 3.71. The summed E-state index contributed by atoms with van der Waals surface area (Å²) in [5.41, 5.74) is 1.47. The zero-order chi connectivity index (χ0) is 27.1. The fourth-order valence-corrected chi connectivity index (χ4v) is 3.83. The summed E-state index contributed by atoms with van der Waals surface area (Å²) in [5, 5.41) is 2.55. The molecule has 0 radical (unpaired) electrons. The molecule has 196 valence electrons. The third-order valence-electron chi connectivity index (χ3n) is 5.70. The predicted molar refractivity (Wildman–Crippen MR) is 140 cm³/mol. The van der Waals surface area contributed by atoms with Gasteiger partial charge < -0.3 is 24.6 Å². The van der Waals surface area contributed by atoms with Crippen LogP contribution in [0.25, 0.3) is 11.1 Å². The average Bonchev–Trinajstić information content (AvgIpc) is 2.88. The maximum Gasteiger partial charge on any atom is 0.243 e. The number of pyridine rings is 2. The molecule has 0 aliphatic rings. The molecule has 0 aliphatic heterocycles. The second-order valence-corrected chi connectivity index (χ2v) is 8.88. The first-order chi connectivity index (χ1) is 17.7. The summed E-state index contributed by atoms with van der Waals surface area (Å²) in [4.78, 5) is 36.1. The van der Waals surface area contributed by atoms with Crippen LogP contribution >= 0.6 is 11.6 Å². The number of aromatic nitrogens is 2. The number of hydrogen-bond acceptors (Lipinski definition) is 7. The molecule has 0 aliphatic carbocycles. The van der Waals surface area contributed by atoms with E-state index < -0.39 is 23.6 Å². The summed E-state index contributed by atoms with van der Waals surface area (Å²) in [5.74, 6) is -2.18. The lowest BCUT2D eigenvalue weighted by molar-refractivity contribution is -0.115. The van der Waals surface area contributed by atoms with Crippen molar-refractivity contribution in [1.82, 2.24) is 9.97 Å². The first kappa shape index (κ1) is 27.9. The number of rotatable bonds is 11. The first-order valence-electron chi connectivity index (χ1n) is 11.4. The third-order valence-corrected chi connectivity index (χ3v) is 6.01. The molecular weight excluding hydrogens is 504 g/mol. The van der Waals surface area contributed by atoms with Crippen molar-refractivity contribution >= 4 is 41.0 Å². The molecule has 1 unspecified atom stereocenters. The van der Waals surface area contributed by atoms with E-state index in [1.807, 2.05) is 0 Å². The van der Waals surface area contributed by atoms with Crippen LogP contribution in [0.5, 0.6) is 0 Å². The predicted octanol–water partition coefficient (Wildman–Crippen LogP) is 4.54. The van der Waals surface area contributed by atoms with Gasteiger partial charge in [0.2, 0.25) is 11.9 Å². The Morgan fingerprint density at radius 3 is 2.65 bits per heavy atom. The van der Waals surface area contributed by atoms with Gasteiger partial charge in [-0.2, -0.15) is 4.39 Å². The normalized spacial score (nSPS) is 11.6. The maximum atomic E-state index is 15.7. The number of nitrogens with one attached hydrogen (secondary N) is 1. The number of benzene rings is 1. The lowest BCUT2D eigenvalue weighted by Gasteiger charge is -2.26. The van der Waals surface area contributed by atoms with Crippen LogP contribution in [0, 0.1) is 11.8 Å². The Morgan fingerprint density at radius 2 is 1.97 bits per heavy atom. The number of carbonyl (C=O) groups is 2. The van der Waals surface area contributed by atoms with E-state index in [0.717, 1.165) is 12.4 Å². The van der Waals surface area contributed by atoms with Crippen LogP contribution in [-0.2, 0) is 14.3 Å². The number of methoxy groups -OCH3 is 1. The minimum absolute atomic E-state index is 0.0611. The Balaban J connectivity index is 2.03. The van der Waals surface area contributed by atoms with E-state index in [0.29, 0.717) is 35.9 Å². The molecule has 8 nitrogen and oxygen atoms in total. The number of hydrogen-bond donors (Lipinski definition) is 1. The van der Waals surface area contributed by atoms with Gasteiger partial charge in [0.25, 0.3) is 0 Å². The number of anilines is 3. The molecule has 1 N–H and O–H groups in total. The molecule has 3 aromatic rings. The zero-order valence-electron chi connectivity index (χ0n) is 21.0. The molecule has 0 saturated carbocycles. The number of amides is 1. The van der Waals surface area contributed by atoms with Crippen LogP contribution in [0.4, 0.5) is 26.0 Å². The lowest BCUT2D eigenvalue weighted by atomic mass is 9.96. The first-order valence-corrected chi connectivity index (χ1v) is 11.8. The molecule has 37 heavy (non-hydrogen) atoms. The zero-order valence-corrected chi connectivity index (χ0v) is 21.7. The number of ether oxygens (including phenoxy) is 1. The largest absolute Gasteiger partial charge is 0.383 e. The molecule has 0 bridgehead atoms. The number of carbonyl (C=O) groups excluding carboxylic acids is 2. The monoisotopic (exact) mass is 531 g/mol. The Morgan fingerprint density at radius 1 is 1.22 bits per heavy atom. The molecule has 1 aromatic carbocycles. The van der Waals surface area contributed by atoms with Gasteiger partial charge in [-0.15, -0.1) is 0 Å². The SMILES string of the molecule is COCCN(C)c1cc(N(C)CC(=O)Nc2ccc(Cl)c(F)c2)c(-c2cccnc2C(C)C=O)c(F)n1. The maximum absolute atomic E-state index is 15.7. The molecule has 1 amide bonds. The number of nitrogens with zero attached hydrogens (tertiary/aromatic N) is 4. The van der Waals surface area contributed by atoms with E-state index in [1.165, 1.54) is 18.3 Å². The van der Waals surface area contributed by atoms with Gasteiger partial charge in [0.15, 0.2) is 0 Å². The highest BCUT2D eigenvalue weighted by atomic mass is 35.5. The van der Waals surface area contributed by atoms with Crippen molar-refractivity contribution in [2.45, 2.75) is 12.8 Å². The van der Waals surface area contributed by atoms with Crippen LogP contribution in [-0.4, -0.2) is 63.1 Å². The summed E-state index contributed by atoms with van der Waals surface area (Å²) in [6.45, 7) is 2.32. The van der Waals surface area contributed by atoms with Gasteiger partial charge in [-0.05, 0) is 24.3 Å².